The molecule has 0 spiro atoms. The molecule has 3 aromatic heterocycles. The molecule has 9 heteroatoms. The van der Waals surface area contributed by atoms with Crippen LogP contribution in [0.5, 0.6) is 0 Å². The van der Waals surface area contributed by atoms with Crippen molar-refractivity contribution < 1.29 is 8.78 Å². The van der Waals surface area contributed by atoms with E-state index in [4.69, 9.17) is 0 Å². The van der Waals surface area contributed by atoms with Crippen molar-refractivity contribution in [3.63, 3.8) is 0 Å². The molecule has 0 amide bonds. The van der Waals surface area contributed by atoms with Gasteiger partial charge in [-0.1, -0.05) is 18.2 Å². The van der Waals surface area contributed by atoms with Crippen molar-refractivity contribution in [2.24, 2.45) is 7.05 Å². The zero-order valence-electron chi connectivity index (χ0n) is 20.9. The third-order valence-corrected chi connectivity index (χ3v) is 7.10. The number of hydrogen-bond donors (Lipinski definition) is 0. The number of benzene rings is 2. The molecule has 190 valence electrons. The molecule has 0 aliphatic carbocycles. The summed E-state index contributed by atoms with van der Waals surface area (Å²) in [4.78, 5) is 8.82. The van der Waals surface area contributed by atoms with Gasteiger partial charge in [-0.3, -0.25) is 14.0 Å². The van der Waals surface area contributed by atoms with Crippen LogP contribution >= 0.6 is 0 Å². The number of aromatic nitrogens is 4. The third-order valence-electron chi connectivity index (χ3n) is 7.10. The molecule has 6 rings (SSSR count). The van der Waals surface area contributed by atoms with Crippen molar-refractivity contribution in [3.8, 4) is 28.5 Å². The van der Waals surface area contributed by atoms with E-state index in [1.165, 1.54) is 18.2 Å². The van der Waals surface area contributed by atoms with Crippen molar-refractivity contribution >= 4 is 11.3 Å². The Kier molecular flexibility index (Phi) is 6.10. The first kappa shape index (κ1) is 23.8. The Morgan fingerprint density at radius 1 is 0.895 bits per heavy atom. The maximum absolute atomic E-state index is 14.1. The van der Waals surface area contributed by atoms with E-state index in [1.807, 2.05) is 29.9 Å². The normalized spacial score (nSPS) is 14.2. The maximum atomic E-state index is 14.1. The van der Waals surface area contributed by atoms with E-state index in [9.17, 15) is 14.0 Å². The summed E-state index contributed by atoms with van der Waals surface area (Å²) in [5, 5.41) is 14.0. The number of nitrogens with zero attached hydrogens (tertiary/aromatic N) is 7. The summed E-state index contributed by atoms with van der Waals surface area (Å²) < 4.78 is 31.8. The smallest absolute Gasteiger partial charge is 0.145 e. The number of rotatable bonds is 5. The first-order chi connectivity index (χ1) is 18.5. The molecule has 4 heterocycles. The van der Waals surface area contributed by atoms with E-state index in [1.54, 1.807) is 10.9 Å². The predicted octanol–water partition coefficient (Wildman–Crippen LogP) is 4.87. The van der Waals surface area contributed by atoms with Gasteiger partial charge in [0.25, 0.3) is 0 Å². The minimum absolute atomic E-state index is 0.126. The number of halogens is 2. The second-order valence-corrected chi connectivity index (χ2v) is 9.49. The summed E-state index contributed by atoms with van der Waals surface area (Å²) in [5.41, 5.74) is 6.16. The van der Waals surface area contributed by atoms with Crippen LogP contribution < -0.4 is 4.90 Å². The molecule has 0 bridgehead atoms. The standard InChI is InChI=1S/C29H25F2N7/c1-35-18-22(16-34-35)21-13-28(38-24(15-32)17-33-29(38)14-21)20-5-7-23(8-6-20)37-11-9-36(10-12-37)19-25-26(30)3-2-4-27(25)31/h2-8,13-14,16-18H,9-12,19H2,1H3. The zero-order valence-corrected chi connectivity index (χ0v) is 20.9. The Balaban J connectivity index is 1.23. The lowest BCUT2D eigenvalue weighted by Crippen LogP contribution is -2.46. The molecule has 7 nitrogen and oxygen atoms in total. The monoisotopic (exact) mass is 509 g/mol. The number of pyridine rings is 1. The molecule has 0 radical (unpaired) electrons. The number of nitriles is 1. The summed E-state index contributed by atoms with van der Waals surface area (Å²) in [6.45, 7) is 3.21. The molecule has 0 atom stereocenters. The number of piperazine rings is 1. The molecule has 2 aromatic carbocycles. The van der Waals surface area contributed by atoms with Gasteiger partial charge in [-0.05, 0) is 47.5 Å². The number of fused-ring (bicyclic) bond motifs is 1. The van der Waals surface area contributed by atoms with Crippen LogP contribution in [0.3, 0.4) is 0 Å². The fraction of sp³-hybridized carbons (Fsp3) is 0.207. The van der Waals surface area contributed by atoms with Crippen LogP contribution in [0.15, 0.2) is 73.2 Å². The van der Waals surface area contributed by atoms with Crippen molar-refractivity contribution in [3.05, 3.63) is 96.1 Å². The SMILES string of the molecule is Cn1cc(-c2cc(-c3ccc(N4CCN(Cc5c(F)cccc5F)CC4)cc3)n3c(C#N)cnc3c2)cn1. The average molecular weight is 510 g/mol. The lowest BCUT2D eigenvalue weighted by molar-refractivity contribution is 0.243. The van der Waals surface area contributed by atoms with E-state index < -0.39 is 11.6 Å². The van der Waals surface area contributed by atoms with Crippen LogP contribution in [0.2, 0.25) is 0 Å². The average Bonchev–Trinajstić information content (AvgIpc) is 3.57. The molecule has 1 aliphatic heterocycles. The Labute approximate surface area is 218 Å². The predicted molar refractivity (Wildman–Crippen MR) is 141 cm³/mol. The van der Waals surface area contributed by atoms with Crippen molar-refractivity contribution in [1.82, 2.24) is 24.1 Å². The molecule has 0 unspecified atom stereocenters. The lowest BCUT2D eigenvalue weighted by Gasteiger charge is -2.36. The van der Waals surface area contributed by atoms with E-state index in [0.29, 0.717) is 24.4 Å². The Morgan fingerprint density at radius 2 is 1.63 bits per heavy atom. The van der Waals surface area contributed by atoms with Gasteiger partial charge in [0.05, 0.1) is 18.1 Å². The van der Waals surface area contributed by atoms with Crippen molar-refractivity contribution in [2.75, 3.05) is 31.1 Å². The van der Waals surface area contributed by atoms with Gasteiger partial charge in [0.15, 0.2) is 0 Å². The quantitative estimate of drug-likeness (QED) is 0.338. The Morgan fingerprint density at radius 3 is 2.29 bits per heavy atom. The maximum Gasteiger partial charge on any atom is 0.145 e. The zero-order chi connectivity index (χ0) is 26.2. The van der Waals surface area contributed by atoms with Crippen LogP contribution in [0, 0.1) is 23.0 Å². The van der Waals surface area contributed by atoms with E-state index in [0.717, 1.165) is 41.2 Å². The number of anilines is 1. The largest absolute Gasteiger partial charge is 0.369 e. The molecule has 0 N–H and O–H groups in total. The van der Waals surface area contributed by atoms with Gasteiger partial charge in [0, 0.05) is 62.8 Å². The van der Waals surface area contributed by atoms with Gasteiger partial charge >= 0.3 is 0 Å². The van der Waals surface area contributed by atoms with Gasteiger partial charge in [0.2, 0.25) is 0 Å². The highest BCUT2D eigenvalue weighted by molar-refractivity contribution is 5.76. The topological polar surface area (TPSA) is 65.4 Å². The fourth-order valence-electron chi connectivity index (χ4n) is 5.06. The molecular weight excluding hydrogens is 484 g/mol. The van der Waals surface area contributed by atoms with Gasteiger partial charge in [-0.25, -0.2) is 13.8 Å². The van der Waals surface area contributed by atoms with Crippen LogP contribution in [-0.2, 0) is 13.6 Å². The van der Waals surface area contributed by atoms with E-state index in [-0.39, 0.29) is 12.1 Å². The summed E-state index contributed by atoms with van der Waals surface area (Å²) >= 11 is 0. The molecule has 1 saturated heterocycles. The highest BCUT2D eigenvalue weighted by Gasteiger charge is 2.20. The summed E-state index contributed by atoms with van der Waals surface area (Å²) in [6, 6.07) is 18.5. The highest BCUT2D eigenvalue weighted by atomic mass is 19.1. The first-order valence-electron chi connectivity index (χ1n) is 12.4. The number of hydrogen-bond acceptors (Lipinski definition) is 5. The van der Waals surface area contributed by atoms with Gasteiger partial charge in [0.1, 0.15) is 29.0 Å². The second-order valence-electron chi connectivity index (χ2n) is 9.49. The van der Waals surface area contributed by atoms with Crippen LogP contribution in [0.4, 0.5) is 14.5 Å². The summed E-state index contributed by atoms with van der Waals surface area (Å²) in [6.07, 6.45) is 5.35. The molecule has 5 aromatic rings. The Bertz CT molecular complexity index is 1630. The highest BCUT2D eigenvalue weighted by Crippen LogP contribution is 2.31. The van der Waals surface area contributed by atoms with E-state index >= 15 is 0 Å². The molecule has 1 fully saturated rings. The van der Waals surface area contributed by atoms with Crippen molar-refractivity contribution in [1.29, 1.82) is 5.26 Å². The number of imidazole rings is 1. The minimum atomic E-state index is -0.498. The first-order valence-corrected chi connectivity index (χ1v) is 12.4. The third kappa shape index (κ3) is 4.40. The molecule has 0 saturated carbocycles. The fourth-order valence-corrected chi connectivity index (χ4v) is 5.06. The van der Waals surface area contributed by atoms with Gasteiger partial charge in [-0.15, -0.1) is 0 Å². The number of aryl methyl sites for hydroxylation is 1. The van der Waals surface area contributed by atoms with Crippen molar-refractivity contribution in [2.45, 2.75) is 6.54 Å². The summed E-state index contributed by atoms with van der Waals surface area (Å²) in [5.74, 6) is -0.996. The molecule has 1 aliphatic rings. The lowest BCUT2D eigenvalue weighted by atomic mass is 10.0. The minimum Gasteiger partial charge on any atom is -0.369 e. The van der Waals surface area contributed by atoms with E-state index in [2.05, 4.69) is 56.3 Å². The van der Waals surface area contributed by atoms with Crippen LogP contribution in [-0.4, -0.2) is 50.2 Å². The van der Waals surface area contributed by atoms with Gasteiger partial charge in [-0.2, -0.15) is 10.4 Å². The van der Waals surface area contributed by atoms with Crippen LogP contribution in [0.1, 0.15) is 11.3 Å². The van der Waals surface area contributed by atoms with Gasteiger partial charge < -0.3 is 4.90 Å². The second kappa shape index (κ2) is 9.72. The summed E-state index contributed by atoms with van der Waals surface area (Å²) in [7, 11) is 1.88. The molecule has 38 heavy (non-hydrogen) atoms. The van der Waals surface area contributed by atoms with Crippen LogP contribution in [0.25, 0.3) is 28.0 Å². The Hall–Kier alpha value is -4.55. The molecular formula is C29H25F2N7.